The SMILES string of the molecule is COc1cccc(C2C3C(C=CSCC4NCC(C)c5c4[nH]c4ccc(N)cc54)C4C(OC(C)=O)=CC5=C(OCO5)C4C(CO)N3CN2C)c1O. The van der Waals surface area contributed by atoms with E-state index in [1.165, 1.54) is 23.6 Å². The van der Waals surface area contributed by atoms with Crippen LogP contribution in [0.3, 0.4) is 0 Å². The van der Waals surface area contributed by atoms with Crippen LogP contribution in [0.25, 0.3) is 10.9 Å². The number of likely N-dealkylation sites (N-methyl/N-ethyl adjacent to an activating group) is 1. The van der Waals surface area contributed by atoms with Crippen molar-refractivity contribution in [2.24, 2.45) is 17.8 Å². The number of anilines is 1. The van der Waals surface area contributed by atoms with E-state index in [4.69, 9.17) is 24.7 Å². The normalized spacial score (nSPS) is 30.3. The first kappa shape index (κ1) is 34.0. The van der Waals surface area contributed by atoms with Crippen molar-refractivity contribution in [2.45, 2.75) is 43.9 Å². The van der Waals surface area contributed by atoms with Gasteiger partial charge in [-0.15, -0.1) is 11.8 Å². The molecule has 2 saturated heterocycles. The number of nitrogens with zero attached hydrogens (tertiary/aromatic N) is 2. The summed E-state index contributed by atoms with van der Waals surface area (Å²) >= 11 is 1.72. The lowest BCUT2D eigenvalue weighted by Gasteiger charge is -2.52. The largest absolute Gasteiger partial charge is 0.504 e. The maximum absolute atomic E-state index is 12.6. The molecule has 0 bridgehead atoms. The predicted octanol–water partition coefficient (Wildman–Crippen LogP) is 4.67. The fourth-order valence-corrected chi connectivity index (χ4v) is 10.1. The Morgan fingerprint density at radius 2 is 2.06 bits per heavy atom. The molecule has 0 saturated carbocycles. The van der Waals surface area contributed by atoms with Crippen molar-refractivity contribution in [1.82, 2.24) is 20.1 Å². The number of phenolic OH excluding ortho intramolecular Hbond substituents is 1. The number of fused-ring (bicyclic) bond motifs is 6. The average molecular weight is 716 g/mol. The molecule has 2 aromatic carbocycles. The molecule has 2 fully saturated rings. The molecule has 6 N–H and O–H groups in total. The Kier molecular flexibility index (Phi) is 8.95. The van der Waals surface area contributed by atoms with Crippen LogP contribution in [0.5, 0.6) is 11.5 Å². The molecule has 8 atom stereocenters. The third kappa shape index (κ3) is 5.66. The van der Waals surface area contributed by atoms with Crippen LogP contribution in [-0.4, -0.2) is 89.6 Å². The number of H-pyrrole nitrogens is 1. The summed E-state index contributed by atoms with van der Waals surface area (Å²) in [4.78, 5) is 20.7. The smallest absolute Gasteiger partial charge is 0.307 e. The first-order valence-corrected chi connectivity index (χ1v) is 18.5. The Labute approximate surface area is 301 Å². The maximum atomic E-state index is 12.6. The van der Waals surface area contributed by atoms with E-state index in [0.29, 0.717) is 35.6 Å². The Bertz CT molecular complexity index is 1940. The van der Waals surface area contributed by atoms with Crippen molar-refractivity contribution in [3.8, 4) is 11.5 Å². The number of nitrogen functional groups attached to an aromatic ring is 1. The average Bonchev–Trinajstić information content (AvgIpc) is 3.82. The molecule has 5 aliphatic rings. The van der Waals surface area contributed by atoms with E-state index in [1.54, 1.807) is 31.0 Å². The van der Waals surface area contributed by atoms with E-state index in [9.17, 15) is 15.0 Å². The van der Waals surface area contributed by atoms with Gasteiger partial charge in [0.15, 0.2) is 17.3 Å². The molecule has 8 unspecified atom stereocenters. The van der Waals surface area contributed by atoms with E-state index in [0.717, 1.165) is 29.1 Å². The number of ether oxygens (including phenoxy) is 4. The lowest BCUT2D eigenvalue weighted by atomic mass is 9.65. The fraction of sp³-hybridized carbons (Fsp3) is 0.447. The second kappa shape index (κ2) is 13.4. The molecule has 5 heterocycles. The third-order valence-corrected chi connectivity index (χ3v) is 12.1. The van der Waals surface area contributed by atoms with Crippen LogP contribution in [0.15, 0.2) is 71.2 Å². The number of para-hydroxylation sites is 1. The number of nitrogens with two attached hydrogens (primary N) is 1. The van der Waals surface area contributed by atoms with Crippen molar-refractivity contribution in [1.29, 1.82) is 0 Å². The molecule has 0 radical (unpaired) electrons. The maximum Gasteiger partial charge on any atom is 0.307 e. The zero-order valence-corrected chi connectivity index (χ0v) is 30.0. The summed E-state index contributed by atoms with van der Waals surface area (Å²) in [6.07, 6.45) is 3.99. The van der Waals surface area contributed by atoms with Crippen molar-refractivity contribution in [3.63, 3.8) is 0 Å². The van der Waals surface area contributed by atoms with Gasteiger partial charge in [0.1, 0.15) is 11.5 Å². The number of thioether (sulfide) groups is 1. The minimum atomic E-state index is -0.429. The first-order chi connectivity index (χ1) is 24.7. The van der Waals surface area contributed by atoms with Gasteiger partial charge in [-0.25, -0.2) is 0 Å². The van der Waals surface area contributed by atoms with Crippen LogP contribution in [0.4, 0.5) is 5.69 Å². The van der Waals surface area contributed by atoms with Gasteiger partial charge in [0.25, 0.3) is 0 Å². The highest BCUT2D eigenvalue weighted by molar-refractivity contribution is 8.02. The molecule has 3 aromatic rings. The topological polar surface area (TPSA) is 155 Å². The Morgan fingerprint density at radius 3 is 2.84 bits per heavy atom. The third-order valence-electron chi connectivity index (χ3n) is 11.3. The minimum absolute atomic E-state index is 0.0607. The van der Waals surface area contributed by atoms with Gasteiger partial charge in [-0.05, 0) is 48.2 Å². The highest BCUT2D eigenvalue weighted by Gasteiger charge is 2.60. The van der Waals surface area contributed by atoms with Crippen LogP contribution in [-0.2, 0) is 19.0 Å². The second-order valence-electron chi connectivity index (χ2n) is 14.2. The van der Waals surface area contributed by atoms with Gasteiger partial charge >= 0.3 is 5.97 Å². The molecule has 270 valence electrons. The van der Waals surface area contributed by atoms with Gasteiger partial charge in [0, 0.05) is 83.0 Å². The quantitative estimate of drug-likeness (QED) is 0.163. The number of piperidine rings is 1. The van der Waals surface area contributed by atoms with E-state index < -0.39 is 5.97 Å². The van der Waals surface area contributed by atoms with E-state index >= 15 is 0 Å². The van der Waals surface area contributed by atoms with Gasteiger partial charge in [0.05, 0.1) is 32.5 Å². The Morgan fingerprint density at radius 1 is 1.22 bits per heavy atom. The van der Waals surface area contributed by atoms with Crippen LogP contribution in [0.2, 0.25) is 0 Å². The molecule has 13 heteroatoms. The summed E-state index contributed by atoms with van der Waals surface area (Å²) in [5.41, 5.74) is 11.3. The number of hydrogen-bond donors (Lipinski definition) is 5. The summed E-state index contributed by atoms with van der Waals surface area (Å²) in [6, 6.07) is 10.9. The monoisotopic (exact) mass is 715 g/mol. The number of carbonyl (C=O) groups is 1. The predicted molar refractivity (Wildman–Crippen MR) is 194 cm³/mol. The number of benzene rings is 2. The fourth-order valence-electron chi connectivity index (χ4n) is 9.24. The number of rotatable bonds is 8. The van der Waals surface area contributed by atoms with Crippen molar-refractivity contribution in [2.75, 3.05) is 52.3 Å². The minimum Gasteiger partial charge on any atom is -0.504 e. The molecular weight excluding hydrogens is 671 g/mol. The van der Waals surface area contributed by atoms with E-state index in [1.807, 2.05) is 25.2 Å². The number of methoxy groups -OCH3 is 1. The first-order valence-electron chi connectivity index (χ1n) is 17.4. The van der Waals surface area contributed by atoms with E-state index in [-0.39, 0.29) is 61.1 Å². The van der Waals surface area contributed by atoms with Crippen LogP contribution >= 0.6 is 11.8 Å². The number of aliphatic hydroxyl groups is 1. The number of aromatic amines is 1. The van der Waals surface area contributed by atoms with Crippen LogP contribution in [0.1, 0.15) is 48.7 Å². The molecule has 8 rings (SSSR count). The number of allylic oxidation sites excluding steroid dienone is 2. The van der Waals surface area contributed by atoms with Crippen LogP contribution < -0.4 is 15.8 Å². The Balaban J connectivity index is 1.17. The summed E-state index contributed by atoms with van der Waals surface area (Å²) in [5, 5.41) is 29.5. The number of esters is 1. The molecule has 0 amide bonds. The van der Waals surface area contributed by atoms with Crippen molar-refractivity contribution < 1.29 is 34.0 Å². The van der Waals surface area contributed by atoms with Gasteiger partial charge < -0.3 is 45.2 Å². The summed E-state index contributed by atoms with van der Waals surface area (Å²) < 4.78 is 23.4. The summed E-state index contributed by atoms with van der Waals surface area (Å²) in [6.45, 7) is 4.95. The molecule has 1 aliphatic carbocycles. The number of nitrogens with one attached hydrogen (secondary N) is 2. The van der Waals surface area contributed by atoms with E-state index in [2.05, 4.69) is 50.6 Å². The van der Waals surface area contributed by atoms with Crippen molar-refractivity contribution in [3.05, 3.63) is 88.1 Å². The van der Waals surface area contributed by atoms with Crippen LogP contribution in [0, 0.1) is 17.8 Å². The zero-order valence-electron chi connectivity index (χ0n) is 29.2. The standard InChI is InChI=1S/C38H45N5O7S/c1-19-14-40-26(34-31(19)24-12-21(39)8-9-25(24)41-34)16-51-11-10-22-32-29(50-20(2)45)13-30-38(49-18-48-30)33(32)27(15-44)43-17-42(3)35(36(22)43)23-6-5-7-28(47-4)37(23)46/h5-13,19,22,26-27,32-33,35-36,40-41,44,46H,14-18,39H2,1-4H3. The van der Waals surface area contributed by atoms with Gasteiger partial charge in [0.2, 0.25) is 6.79 Å². The van der Waals surface area contributed by atoms with Gasteiger partial charge in [-0.2, -0.15) is 0 Å². The highest BCUT2D eigenvalue weighted by atomic mass is 32.2. The van der Waals surface area contributed by atoms with Crippen molar-refractivity contribution >= 4 is 34.3 Å². The van der Waals surface area contributed by atoms with Gasteiger partial charge in [-0.1, -0.05) is 25.1 Å². The molecule has 4 aliphatic heterocycles. The number of aromatic hydroxyl groups is 1. The molecule has 1 aromatic heterocycles. The summed E-state index contributed by atoms with van der Waals surface area (Å²) in [5.74, 6) is 1.96. The molecule has 51 heavy (non-hydrogen) atoms. The molecule has 0 spiro atoms. The lowest BCUT2D eigenvalue weighted by molar-refractivity contribution is -0.139. The highest BCUT2D eigenvalue weighted by Crippen LogP contribution is 2.56. The number of aliphatic hydroxyl groups excluding tert-OH is 1. The lowest BCUT2D eigenvalue weighted by Crippen LogP contribution is -2.60. The number of hydrogen-bond acceptors (Lipinski definition) is 12. The number of phenols is 1. The Hall–Kier alpha value is -4.14. The number of aromatic nitrogens is 1. The second-order valence-corrected chi connectivity index (χ2v) is 15.1. The molecule has 12 nitrogen and oxygen atoms in total. The molecular formula is C38H45N5O7S. The number of carbonyl (C=O) groups excluding carboxylic acids is 1. The van der Waals surface area contributed by atoms with Gasteiger partial charge in [-0.3, -0.25) is 14.6 Å². The zero-order chi connectivity index (χ0) is 35.6. The summed E-state index contributed by atoms with van der Waals surface area (Å²) in [7, 11) is 3.57.